The van der Waals surface area contributed by atoms with Gasteiger partial charge in [-0.2, -0.15) is 0 Å². The summed E-state index contributed by atoms with van der Waals surface area (Å²) >= 11 is 3.24. The number of carbonyl (C=O) groups is 1. The molecule has 0 spiro atoms. The summed E-state index contributed by atoms with van der Waals surface area (Å²) in [5.74, 6) is -0.816. The Balaban J connectivity index is 2.78. The number of ether oxygens (including phenoxy) is 1. The Morgan fingerprint density at radius 1 is 1.56 bits per heavy atom. The van der Waals surface area contributed by atoms with Crippen molar-refractivity contribution in [2.75, 3.05) is 6.61 Å². The minimum Gasteiger partial charge on any atom is -0.463 e. The first kappa shape index (κ1) is 12.9. The van der Waals surface area contributed by atoms with E-state index in [2.05, 4.69) is 15.9 Å². The number of alkyl halides is 1. The van der Waals surface area contributed by atoms with E-state index in [4.69, 9.17) is 4.74 Å². The van der Waals surface area contributed by atoms with Crippen molar-refractivity contribution in [3.8, 4) is 0 Å². The maximum Gasteiger partial charge on any atom is 0.330 e. The number of rotatable bonds is 4. The standard InChI is InChI=1S/C12H12BrFO2/c1-2-16-12(15)6-5-10-4-3-9(8-13)7-11(10)14/h3-7H,2,8H2,1H3. The second kappa shape index (κ2) is 6.43. The van der Waals surface area contributed by atoms with E-state index < -0.39 is 5.97 Å². The maximum atomic E-state index is 13.4. The lowest BCUT2D eigenvalue weighted by atomic mass is 10.1. The molecule has 0 saturated carbocycles. The van der Waals surface area contributed by atoms with E-state index in [1.807, 2.05) is 0 Å². The smallest absolute Gasteiger partial charge is 0.330 e. The van der Waals surface area contributed by atoms with Crippen molar-refractivity contribution in [3.05, 3.63) is 41.2 Å². The van der Waals surface area contributed by atoms with Gasteiger partial charge in [-0.25, -0.2) is 9.18 Å². The molecular formula is C12H12BrFO2. The van der Waals surface area contributed by atoms with Gasteiger partial charge in [0.05, 0.1) is 6.61 Å². The van der Waals surface area contributed by atoms with E-state index in [1.165, 1.54) is 18.2 Å². The molecule has 2 nitrogen and oxygen atoms in total. The van der Waals surface area contributed by atoms with E-state index in [0.29, 0.717) is 17.5 Å². The molecule has 0 saturated heterocycles. The van der Waals surface area contributed by atoms with E-state index >= 15 is 0 Å². The minimum absolute atomic E-state index is 0.314. The highest BCUT2D eigenvalue weighted by Gasteiger charge is 2.01. The third-order valence-electron chi connectivity index (χ3n) is 1.90. The monoisotopic (exact) mass is 286 g/mol. The molecule has 1 aromatic carbocycles. The number of esters is 1. The van der Waals surface area contributed by atoms with Crippen molar-refractivity contribution < 1.29 is 13.9 Å². The molecule has 0 aromatic heterocycles. The zero-order valence-corrected chi connectivity index (χ0v) is 10.5. The normalized spacial score (nSPS) is 10.7. The Kier molecular flexibility index (Phi) is 5.19. The van der Waals surface area contributed by atoms with Gasteiger partial charge in [0.15, 0.2) is 0 Å². The Bertz CT molecular complexity index is 402. The van der Waals surface area contributed by atoms with Gasteiger partial charge in [0.1, 0.15) is 5.82 Å². The van der Waals surface area contributed by atoms with Crippen LogP contribution in [0.4, 0.5) is 4.39 Å². The van der Waals surface area contributed by atoms with Crippen molar-refractivity contribution >= 4 is 28.0 Å². The molecule has 0 atom stereocenters. The van der Waals surface area contributed by atoms with Gasteiger partial charge in [0.2, 0.25) is 0 Å². The number of benzene rings is 1. The van der Waals surface area contributed by atoms with Crippen molar-refractivity contribution in [2.45, 2.75) is 12.3 Å². The Hall–Kier alpha value is -1.16. The van der Waals surface area contributed by atoms with Gasteiger partial charge in [0.25, 0.3) is 0 Å². The fourth-order valence-corrected chi connectivity index (χ4v) is 1.49. The summed E-state index contributed by atoms with van der Waals surface area (Å²) < 4.78 is 18.1. The SMILES string of the molecule is CCOC(=O)C=Cc1ccc(CBr)cc1F. The van der Waals surface area contributed by atoms with Crippen LogP contribution in [0.15, 0.2) is 24.3 Å². The molecule has 86 valence electrons. The lowest BCUT2D eigenvalue weighted by Crippen LogP contribution is -1.98. The van der Waals surface area contributed by atoms with Crippen molar-refractivity contribution in [2.24, 2.45) is 0 Å². The van der Waals surface area contributed by atoms with Gasteiger partial charge in [-0.1, -0.05) is 28.1 Å². The topological polar surface area (TPSA) is 26.3 Å². The third kappa shape index (κ3) is 3.77. The lowest BCUT2D eigenvalue weighted by molar-refractivity contribution is -0.137. The summed E-state index contributed by atoms with van der Waals surface area (Å²) in [6.07, 6.45) is 2.63. The van der Waals surface area contributed by atoms with Crippen LogP contribution in [0.2, 0.25) is 0 Å². The van der Waals surface area contributed by atoms with E-state index in [0.717, 1.165) is 5.56 Å². The fourth-order valence-electron chi connectivity index (χ4n) is 1.14. The highest BCUT2D eigenvalue weighted by atomic mass is 79.9. The zero-order chi connectivity index (χ0) is 12.0. The van der Waals surface area contributed by atoms with Crippen LogP contribution >= 0.6 is 15.9 Å². The summed E-state index contributed by atoms with van der Waals surface area (Å²) in [6, 6.07) is 4.85. The molecule has 0 amide bonds. The van der Waals surface area contributed by atoms with Crippen LogP contribution in [-0.4, -0.2) is 12.6 Å². The summed E-state index contributed by atoms with van der Waals surface area (Å²) in [5, 5.41) is 0.603. The Labute approximate surface area is 102 Å². The van der Waals surface area contributed by atoms with Crippen molar-refractivity contribution in [1.29, 1.82) is 0 Å². The largest absolute Gasteiger partial charge is 0.463 e. The van der Waals surface area contributed by atoms with Crippen molar-refractivity contribution in [1.82, 2.24) is 0 Å². The van der Waals surface area contributed by atoms with Crippen LogP contribution in [0.25, 0.3) is 6.08 Å². The molecule has 0 unspecified atom stereocenters. The molecule has 1 rings (SSSR count). The van der Waals surface area contributed by atoms with Crippen LogP contribution in [0.3, 0.4) is 0 Å². The summed E-state index contributed by atoms with van der Waals surface area (Å²) in [5.41, 5.74) is 1.23. The summed E-state index contributed by atoms with van der Waals surface area (Å²) in [6.45, 7) is 2.03. The second-order valence-electron chi connectivity index (χ2n) is 3.07. The first-order chi connectivity index (χ1) is 7.67. The molecule has 0 aliphatic rings. The van der Waals surface area contributed by atoms with Crippen molar-refractivity contribution in [3.63, 3.8) is 0 Å². The third-order valence-corrected chi connectivity index (χ3v) is 2.55. The molecule has 1 aromatic rings. The average Bonchev–Trinajstić information content (AvgIpc) is 2.27. The highest BCUT2D eigenvalue weighted by Crippen LogP contribution is 2.14. The predicted octanol–water partition coefficient (Wildman–Crippen LogP) is 3.30. The van der Waals surface area contributed by atoms with Crippen LogP contribution in [0, 0.1) is 5.82 Å². The van der Waals surface area contributed by atoms with Crippen LogP contribution in [-0.2, 0) is 14.9 Å². The number of hydrogen-bond acceptors (Lipinski definition) is 2. The van der Waals surface area contributed by atoms with Gasteiger partial charge in [-0.15, -0.1) is 0 Å². The average molecular weight is 287 g/mol. The quantitative estimate of drug-likeness (QED) is 0.482. The fraction of sp³-hybridized carbons (Fsp3) is 0.250. The van der Waals surface area contributed by atoms with Gasteiger partial charge in [-0.3, -0.25) is 0 Å². The Morgan fingerprint density at radius 3 is 2.88 bits per heavy atom. The predicted molar refractivity (Wildman–Crippen MR) is 64.7 cm³/mol. The molecule has 0 heterocycles. The molecule has 0 radical (unpaired) electrons. The maximum absolute atomic E-state index is 13.4. The van der Waals surface area contributed by atoms with E-state index in [1.54, 1.807) is 19.1 Å². The minimum atomic E-state index is -0.466. The summed E-state index contributed by atoms with van der Waals surface area (Å²) in [7, 11) is 0. The first-order valence-corrected chi connectivity index (χ1v) is 5.98. The molecule has 0 N–H and O–H groups in total. The number of hydrogen-bond donors (Lipinski definition) is 0. The molecule has 4 heteroatoms. The second-order valence-corrected chi connectivity index (χ2v) is 3.64. The molecule has 0 fully saturated rings. The number of carbonyl (C=O) groups excluding carboxylic acids is 1. The Morgan fingerprint density at radius 2 is 2.31 bits per heavy atom. The molecule has 0 aliphatic heterocycles. The number of halogens is 2. The molecule has 0 bridgehead atoms. The van der Waals surface area contributed by atoms with E-state index in [-0.39, 0.29) is 5.82 Å². The summed E-state index contributed by atoms with van der Waals surface area (Å²) in [4.78, 5) is 11.0. The van der Waals surface area contributed by atoms with E-state index in [9.17, 15) is 9.18 Å². The van der Waals surface area contributed by atoms with Gasteiger partial charge in [-0.05, 0) is 24.6 Å². The first-order valence-electron chi connectivity index (χ1n) is 4.86. The highest BCUT2D eigenvalue weighted by molar-refractivity contribution is 9.08. The van der Waals surface area contributed by atoms with Crippen LogP contribution < -0.4 is 0 Å². The van der Waals surface area contributed by atoms with Gasteiger partial charge in [0, 0.05) is 17.0 Å². The molecule has 0 aliphatic carbocycles. The molecular weight excluding hydrogens is 275 g/mol. The zero-order valence-electron chi connectivity index (χ0n) is 8.87. The van der Waals surface area contributed by atoms with Gasteiger partial charge >= 0.3 is 5.97 Å². The van der Waals surface area contributed by atoms with Gasteiger partial charge < -0.3 is 4.74 Å². The molecule has 16 heavy (non-hydrogen) atoms. The van der Waals surface area contributed by atoms with Crippen LogP contribution in [0.1, 0.15) is 18.1 Å². The van der Waals surface area contributed by atoms with Crippen LogP contribution in [0.5, 0.6) is 0 Å². The lowest BCUT2D eigenvalue weighted by Gasteiger charge is -2.00.